The van der Waals surface area contributed by atoms with Crippen LogP contribution in [0.3, 0.4) is 0 Å². The van der Waals surface area contributed by atoms with E-state index >= 15 is 0 Å². The summed E-state index contributed by atoms with van der Waals surface area (Å²) in [5.41, 5.74) is -0.886. The first-order valence-electron chi connectivity index (χ1n) is 15.1. The number of aliphatic hydroxyl groups excluding tert-OH is 1. The Labute approximate surface area is 232 Å². The van der Waals surface area contributed by atoms with Crippen molar-refractivity contribution in [2.75, 3.05) is 6.61 Å². The first-order valence-corrected chi connectivity index (χ1v) is 17.0. The van der Waals surface area contributed by atoms with Gasteiger partial charge in [0.2, 0.25) is 0 Å². The fraction of sp³-hybridized carbons (Fsp3) is 0.647. The van der Waals surface area contributed by atoms with E-state index in [-0.39, 0.29) is 33.8 Å². The lowest BCUT2D eigenvalue weighted by atomic mass is 9.47. The molecule has 0 aromatic heterocycles. The highest BCUT2D eigenvalue weighted by Gasteiger charge is 2.67. The first kappa shape index (κ1) is 28.1. The van der Waals surface area contributed by atoms with E-state index in [1.54, 1.807) is 0 Å². The minimum atomic E-state index is -2.68. The number of hydrogen-bond acceptors (Lipinski definition) is 3. The van der Waals surface area contributed by atoms with Crippen LogP contribution in [0.25, 0.3) is 0 Å². The quantitative estimate of drug-likeness (QED) is 0.427. The van der Waals surface area contributed by atoms with Gasteiger partial charge in [-0.15, -0.1) is 0 Å². The van der Waals surface area contributed by atoms with Gasteiger partial charge >= 0.3 is 0 Å². The number of hydrogen-bond donors (Lipinski definition) is 2. The van der Waals surface area contributed by atoms with Gasteiger partial charge in [-0.1, -0.05) is 109 Å². The van der Waals surface area contributed by atoms with Gasteiger partial charge in [0.05, 0.1) is 11.7 Å². The predicted molar refractivity (Wildman–Crippen MR) is 159 cm³/mol. The second kappa shape index (κ2) is 9.87. The van der Waals surface area contributed by atoms with Gasteiger partial charge in [0.25, 0.3) is 8.32 Å². The molecule has 6 atom stereocenters. The lowest BCUT2D eigenvalue weighted by Gasteiger charge is -2.60. The van der Waals surface area contributed by atoms with E-state index in [0.29, 0.717) is 12.5 Å². The summed E-state index contributed by atoms with van der Waals surface area (Å²) in [5.74, 6) is 0.670. The molecule has 0 heterocycles. The molecule has 0 saturated heterocycles. The van der Waals surface area contributed by atoms with Crippen LogP contribution in [0.15, 0.2) is 60.7 Å². The maximum absolute atomic E-state index is 12.4. The SMILES string of the molecule is CC(C)[C@@]1(O)CC[C@]2(CO[Si](c3ccccc3)(c3ccccc3)C(C)(C)C)CC[C@]3(C)[C@H](CCC[C@@H]3O)[C@@H]21. The Hall–Kier alpha value is -1.46. The fourth-order valence-electron chi connectivity index (χ4n) is 9.10. The van der Waals surface area contributed by atoms with Gasteiger partial charge in [0.15, 0.2) is 0 Å². The standard InChI is InChI=1S/C34H50O3Si/c1-25(2)34(36)23-22-33(21-20-32(6)28(30(33)34)18-13-19-29(32)35)24-37-38(31(3,4)5,26-14-9-7-10-15-26)27-16-11-8-12-17-27/h7-12,14-17,25,28-30,35-36H,13,18-24H2,1-6H3/t28-,29+,30+,32-,33+,34+/m1/s1. The molecule has 3 nitrogen and oxygen atoms in total. The van der Waals surface area contributed by atoms with Crippen molar-refractivity contribution >= 4 is 18.7 Å². The molecule has 3 saturated carbocycles. The maximum atomic E-state index is 12.4. The molecule has 5 rings (SSSR count). The van der Waals surface area contributed by atoms with Crippen molar-refractivity contribution in [1.82, 2.24) is 0 Å². The van der Waals surface area contributed by atoms with E-state index in [1.165, 1.54) is 10.4 Å². The van der Waals surface area contributed by atoms with E-state index in [4.69, 9.17) is 4.43 Å². The molecule has 0 amide bonds. The summed E-state index contributed by atoms with van der Waals surface area (Å²) in [5, 5.41) is 26.2. The summed E-state index contributed by atoms with van der Waals surface area (Å²) in [7, 11) is -2.68. The van der Waals surface area contributed by atoms with E-state index in [0.717, 1.165) is 44.9 Å². The molecule has 0 radical (unpaired) electrons. The molecule has 2 aromatic carbocycles. The van der Waals surface area contributed by atoms with E-state index in [1.807, 2.05) is 0 Å². The van der Waals surface area contributed by atoms with Crippen LogP contribution in [-0.2, 0) is 4.43 Å². The van der Waals surface area contributed by atoms with Gasteiger partial charge in [-0.25, -0.2) is 0 Å². The maximum Gasteiger partial charge on any atom is 0.261 e. The molecule has 3 fully saturated rings. The van der Waals surface area contributed by atoms with Crippen molar-refractivity contribution in [1.29, 1.82) is 0 Å². The predicted octanol–water partition coefficient (Wildman–Crippen LogP) is 6.31. The molecule has 4 heteroatoms. The second-order valence-corrected chi connectivity index (χ2v) is 18.8. The normalized spacial score (nSPS) is 35.7. The monoisotopic (exact) mass is 534 g/mol. The first-order chi connectivity index (χ1) is 17.9. The summed E-state index contributed by atoms with van der Waals surface area (Å²) in [6.07, 6.45) is 6.67. The molecule has 2 N–H and O–H groups in total. The highest BCUT2D eigenvalue weighted by atomic mass is 28.4. The molecule has 3 aliphatic carbocycles. The van der Waals surface area contributed by atoms with Crippen molar-refractivity contribution in [3.05, 3.63) is 60.7 Å². The Morgan fingerprint density at radius 3 is 1.97 bits per heavy atom. The highest BCUT2D eigenvalue weighted by molar-refractivity contribution is 6.99. The molecule has 38 heavy (non-hydrogen) atoms. The summed E-state index contributed by atoms with van der Waals surface area (Å²) in [6, 6.07) is 21.9. The number of fused-ring (bicyclic) bond motifs is 3. The number of rotatable bonds is 6. The van der Waals surface area contributed by atoms with Crippen molar-refractivity contribution < 1.29 is 14.6 Å². The van der Waals surface area contributed by atoms with Crippen LogP contribution in [-0.4, -0.2) is 36.8 Å². The zero-order valence-electron chi connectivity index (χ0n) is 24.5. The van der Waals surface area contributed by atoms with E-state index in [9.17, 15) is 10.2 Å². The topological polar surface area (TPSA) is 49.7 Å². The van der Waals surface area contributed by atoms with Crippen molar-refractivity contribution in [2.45, 2.75) is 103 Å². The Bertz CT molecular complexity index is 1060. The lowest BCUT2D eigenvalue weighted by Crippen LogP contribution is -2.68. The summed E-state index contributed by atoms with van der Waals surface area (Å²) in [6.45, 7) is 14.4. The molecule has 2 aromatic rings. The zero-order valence-corrected chi connectivity index (χ0v) is 25.5. The Morgan fingerprint density at radius 1 is 0.895 bits per heavy atom. The van der Waals surface area contributed by atoms with Crippen LogP contribution < -0.4 is 10.4 Å². The molecule has 208 valence electrons. The molecule has 3 aliphatic rings. The van der Waals surface area contributed by atoms with Crippen LogP contribution in [0.1, 0.15) is 86.5 Å². The van der Waals surface area contributed by atoms with Crippen LogP contribution in [0.4, 0.5) is 0 Å². The van der Waals surface area contributed by atoms with Gasteiger partial charge in [0, 0.05) is 6.61 Å². The van der Waals surface area contributed by atoms with Gasteiger partial charge in [-0.05, 0) is 82.5 Å². The molecular formula is C34H50O3Si. The van der Waals surface area contributed by atoms with Gasteiger partial charge < -0.3 is 14.6 Å². The van der Waals surface area contributed by atoms with Gasteiger partial charge in [-0.2, -0.15) is 0 Å². The summed E-state index contributed by atoms with van der Waals surface area (Å²) < 4.78 is 7.59. The fourth-order valence-corrected chi connectivity index (χ4v) is 13.8. The average Bonchev–Trinajstić information content (AvgIpc) is 3.20. The van der Waals surface area contributed by atoms with Crippen molar-refractivity contribution in [3.63, 3.8) is 0 Å². The van der Waals surface area contributed by atoms with Gasteiger partial charge in [-0.3, -0.25) is 0 Å². The number of benzene rings is 2. The highest BCUT2D eigenvalue weighted by Crippen LogP contribution is 2.68. The Morgan fingerprint density at radius 2 is 1.45 bits per heavy atom. The van der Waals surface area contributed by atoms with Crippen molar-refractivity contribution in [3.8, 4) is 0 Å². The Balaban J connectivity index is 1.61. The van der Waals surface area contributed by atoms with Gasteiger partial charge in [0.1, 0.15) is 0 Å². The largest absolute Gasteiger partial charge is 0.407 e. The average molecular weight is 535 g/mol. The molecule has 0 aliphatic heterocycles. The minimum absolute atomic E-state index is 0.0622. The van der Waals surface area contributed by atoms with Crippen LogP contribution >= 0.6 is 0 Å². The van der Waals surface area contributed by atoms with Crippen LogP contribution in [0, 0.1) is 28.6 Å². The van der Waals surface area contributed by atoms with E-state index in [2.05, 4.69) is 102 Å². The molecule has 0 unspecified atom stereocenters. The third-order valence-corrected chi connectivity index (χ3v) is 16.4. The van der Waals surface area contributed by atoms with E-state index < -0.39 is 13.9 Å². The van der Waals surface area contributed by atoms with Crippen LogP contribution in [0.5, 0.6) is 0 Å². The minimum Gasteiger partial charge on any atom is -0.407 e. The summed E-state index contributed by atoms with van der Waals surface area (Å²) >= 11 is 0. The third-order valence-electron chi connectivity index (χ3n) is 11.4. The lowest BCUT2D eigenvalue weighted by molar-refractivity contribution is -0.186. The second-order valence-electron chi connectivity index (χ2n) is 14.5. The zero-order chi connectivity index (χ0) is 27.4. The van der Waals surface area contributed by atoms with Crippen molar-refractivity contribution in [2.24, 2.45) is 28.6 Å². The smallest absolute Gasteiger partial charge is 0.261 e. The Kier molecular flexibility index (Phi) is 7.29. The number of aliphatic hydroxyl groups is 2. The summed E-state index contributed by atoms with van der Waals surface area (Å²) in [4.78, 5) is 0. The molecule has 0 bridgehead atoms. The van der Waals surface area contributed by atoms with Crippen LogP contribution in [0.2, 0.25) is 5.04 Å². The third kappa shape index (κ3) is 4.17. The molecule has 0 spiro atoms. The molecular weight excluding hydrogens is 484 g/mol.